The van der Waals surface area contributed by atoms with Crippen LogP contribution in [0, 0.1) is 23.2 Å². The molecular weight excluding hydrogens is 785 g/mol. The largest absolute Gasteiger partial charge is 0.453 e. The Labute approximate surface area is 361 Å². The summed E-state index contributed by atoms with van der Waals surface area (Å²) in [5.41, 5.74) is 8.07. The third kappa shape index (κ3) is 7.68. The number of ether oxygens (including phenoxy) is 2. The number of nitrogens with one attached hydrogen (secondary N) is 4. The number of H-pyrrole nitrogens is 2. The summed E-state index contributed by atoms with van der Waals surface area (Å²) in [6.45, 7) is 8.38. The molecule has 0 radical (unpaired) electrons. The lowest BCUT2D eigenvalue weighted by atomic mass is 9.95. The van der Waals surface area contributed by atoms with Gasteiger partial charge in [0.2, 0.25) is 11.8 Å². The highest BCUT2D eigenvalue weighted by Crippen LogP contribution is 2.58. The standard InChI is InChI=1S/C48H56N8O6/c1-26(2)39(53-46(59)61-5)44(57)55-25-48(19-20-48)23-38(55)42-49-24-37(52-42)31-13-11-29(12-14-31)28-7-9-30(10-8-28)32-16-18-35-36(22-32)51-43(50-35)41-33-15-17-34(21-33)56(41)45(58)40(27(3)4)54-47(60)62-6/h7-14,16,18,22,24,26-27,33-34,38-41H,15,17,19-21,23,25H2,1-6H3,(H,49,52)(H,50,51)(H,53,59)(H,54,60)/t33-,34-,38?,39+,40+,41+/m1/s1. The number of aromatic amines is 2. The van der Waals surface area contributed by atoms with Crippen LogP contribution in [0.1, 0.15) is 90.0 Å². The van der Waals surface area contributed by atoms with Gasteiger partial charge in [-0.3, -0.25) is 9.59 Å². The van der Waals surface area contributed by atoms with E-state index in [1.165, 1.54) is 14.2 Å². The third-order valence-electron chi connectivity index (χ3n) is 13.8. The lowest BCUT2D eigenvalue weighted by Gasteiger charge is -2.37. The maximum Gasteiger partial charge on any atom is 0.407 e. The van der Waals surface area contributed by atoms with Crippen molar-refractivity contribution in [1.29, 1.82) is 0 Å². The van der Waals surface area contributed by atoms with Crippen LogP contribution >= 0.6 is 0 Å². The van der Waals surface area contributed by atoms with Gasteiger partial charge in [-0.1, -0.05) is 82.3 Å². The topological polar surface area (TPSA) is 175 Å². The van der Waals surface area contributed by atoms with Gasteiger partial charge in [-0.2, -0.15) is 0 Å². The van der Waals surface area contributed by atoms with E-state index in [9.17, 15) is 19.2 Å². The Morgan fingerprint density at radius 2 is 1.32 bits per heavy atom. The molecule has 9 rings (SSSR count). The molecule has 2 saturated heterocycles. The molecule has 6 atom stereocenters. The van der Waals surface area contributed by atoms with Crippen molar-refractivity contribution in [2.75, 3.05) is 20.8 Å². The molecule has 2 aliphatic carbocycles. The number of piperidine rings is 1. The predicted molar refractivity (Wildman–Crippen MR) is 234 cm³/mol. The molecule has 5 aromatic rings. The lowest BCUT2D eigenvalue weighted by Crippen LogP contribution is -2.54. The number of imidazole rings is 2. The fraction of sp³-hybridized carbons (Fsp3) is 0.458. The van der Waals surface area contributed by atoms with Crippen molar-refractivity contribution in [3.63, 3.8) is 0 Å². The Morgan fingerprint density at radius 3 is 1.92 bits per heavy atom. The van der Waals surface area contributed by atoms with Gasteiger partial charge in [0, 0.05) is 12.6 Å². The zero-order valence-corrected chi connectivity index (χ0v) is 36.2. The predicted octanol–water partition coefficient (Wildman–Crippen LogP) is 8.15. The van der Waals surface area contributed by atoms with E-state index in [2.05, 4.69) is 81.3 Å². The Kier molecular flexibility index (Phi) is 10.8. The summed E-state index contributed by atoms with van der Waals surface area (Å²) in [5, 5.41) is 5.52. The van der Waals surface area contributed by atoms with Crippen LogP contribution in [-0.2, 0) is 19.1 Å². The first-order chi connectivity index (χ1) is 29.8. The third-order valence-corrected chi connectivity index (χ3v) is 13.8. The van der Waals surface area contributed by atoms with Gasteiger partial charge in [0.25, 0.3) is 0 Å². The monoisotopic (exact) mass is 840 g/mol. The molecule has 4 heterocycles. The Bertz CT molecular complexity index is 2490. The summed E-state index contributed by atoms with van der Waals surface area (Å²) in [7, 11) is 2.62. The maximum atomic E-state index is 14.0. The van der Waals surface area contributed by atoms with Gasteiger partial charge < -0.3 is 39.9 Å². The Balaban J connectivity index is 0.888. The fourth-order valence-corrected chi connectivity index (χ4v) is 10.2. The molecule has 2 aliphatic heterocycles. The number of hydrogen-bond donors (Lipinski definition) is 4. The molecule has 14 heteroatoms. The SMILES string of the molecule is COC(=O)N[C@H](C(=O)N1CC2(CC2)CC1c1ncc(-c2ccc(-c3ccc(-c4ccc5nc([C@@H]6[C@@H]7CC[C@H](C7)N6C(=O)[C@@H](NC(=O)OC)C(C)C)[nH]c5c4)cc3)cc2)[nH]1)C(C)C. The number of benzene rings is 3. The van der Waals surface area contributed by atoms with E-state index in [-0.39, 0.29) is 47.2 Å². The minimum atomic E-state index is -0.685. The normalized spacial score (nSPS) is 22.1. The average Bonchev–Trinajstić information content (AvgIpc) is 3.88. The first kappa shape index (κ1) is 41.2. The van der Waals surface area contributed by atoms with Crippen LogP contribution in [-0.4, -0.2) is 92.6 Å². The fourth-order valence-electron chi connectivity index (χ4n) is 10.2. The van der Waals surface area contributed by atoms with Crippen molar-refractivity contribution >= 4 is 35.0 Å². The second kappa shape index (κ2) is 16.3. The first-order valence-corrected chi connectivity index (χ1v) is 21.9. The number of methoxy groups -OCH3 is 2. The van der Waals surface area contributed by atoms with Crippen LogP contribution in [0.5, 0.6) is 0 Å². The molecule has 2 saturated carbocycles. The quantitative estimate of drug-likeness (QED) is 0.103. The summed E-state index contributed by atoms with van der Waals surface area (Å²) in [6, 6.07) is 21.5. The number of likely N-dealkylation sites (tertiary alicyclic amines) is 2. The second-order valence-electron chi connectivity index (χ2n) is 18.5. The Hall–Kier alpha value is -6.18. The van der Waals surface area contributed by atoms with Crippen LogP contribution in [0.2, 0.25) is 0 Å². The zero-order valence-electron chi connectivity index (χ0n) is 36.2. The number of carbonyl (C=O) groups is 4. The van der Waals surface area contributed by atoms with Crippen LogP contribution in [0.4, 0.5) is 9.59 Å². The molecule has 2 aromatic heterocycles. The summed E-state index contributed by atoms with van der Waals surface area (Å²) >= 11 is 0. The number of rotatable bonds is 11. The van der Waals surface area contributed by atoms with Crippen molar-refractivity contribution in [3.8, 4) is 33.5 Å². The van der Waals surface area contributed by atoms with E-state index in [0.29, 0.717) is 12.5 Å². The minimum absolute atomic E-state index is 0.0889. The maximum absolute atomic E-state index is 14.0. The molecule has 2 bridgehead atoms. The van der Waals surface area contributed by atoms with Gasteiger partial charge in [0.1, 0.15) is 23.7 Å². The van der Waals surface area contributed by atoms with Crippen molar-refractivity contribution in [1.82, 2.24) is 40.4 Å². The first-order valence-electron chi connectivity index (χ1n) is 21.9. The molecule has 14 nitrogen and oxygen atoms in total. The van der Waals surface area contributed by atoms with Crippen LogP contribution < -0.4 is 10.6 Å². The van der Waals surface area contributed by atoms with Crippen molar-refractivity contribution < 1.29 is 28.7 Å². The number of fused-ring (bicyclic) bond motifs is 3. The number of carbonyl (C=O) groups excluding carboxylic acids is 4. The van der Waals surface area contributed by atoms with Crippen LogP contribution in [0.15, 0.2) is 72.9 Å². The molecule has 4 N–H and O–H groups in total. The van der Waals surface area contributed by atoms with E-state index in [1.54, 1.807) is 0 Å². The highest BCUT2D eigenvalue weighted by atomic mass is 16.5. The molecule has 4 aliphatic rings. The molecule has 4 amide bonds. The van der Waals surface area contributed by atoms with E-state index >= 15 is 0 Å². The van der Waals surface area contributed by atoms with E-state index < -0.39 is 24.3 Å². The summed E-state index contributed by atoms with van der Waals surface area (Å²) in [6.07, 6.45) is 6.57. The van der Waals surface area contributed by atoms with Crippen molar-refractivity contribution in [2.24, 2.45) is 23.2 Å². The molecular formula is C48H56N8O6. The van der Waals surface area contributed by atoms with Gasteiger partial charge in [-0.25, -0.2) is 19.6 Å². The average molecular weight is 841 g/mol. The summed E-state index contributed by atoms with van der Waals surface area (Å²) < 4.78 is 9.66. The number of amides is 4. The number of nitrogens with zero attached hydrogens (tertiary/aromatic N) is 4. The Morgan fingerprint density at radius 1 is 0.742 bits per heavy atom. The highest BCUT2D eigenvalue weighted by molar-refractivity contribution is 5.88. The van der Waals surface area contributed by atoms with Crippen LogP contribution in [0.25, 0.3) is 44.5 Å². The number of hydrogen-bond acceptors (Lipinski definition) is 8. The van der Waals surface area contributed by atoms with Crippen molar-refractivity contribution in [3.05, 3.63) is 84.6 Å². The lowest BCUT2D eigenvalue weighted by molar-refractivity contribution is -0.139. The van der Waals surface area contributed by atoms with Crippen LogP contribution in [0.3, 0.4) is 0 Å². The molecule has 1 unspecified atom stereocenters. The van der Waals surface area contributed by atoms with Gasteiger partial charge in [-0.15, -0.1) is 0 Å². The molecule has 62 heavy (non-hydrogen) atoms. The van der Waals surface area contributed by atoms with Gasteiger partial charge in [0.05, 0.1) is 49.2 Å². The van der Waals surface area contributed by atoms with Gasteiger partial charge in [-0.05, 0) is 102 Å². The zero-order chi connectivity index (χ0) is 43.4. The molecule has 1 spiro atoms. The summed E-state index contributed by atoms with van der Waals surface area (Å²) in [4.78, 5) is 72.9. The minimum Gasteiger partial charge on any atom is -0.453 e. The second-order valence-corrected chi connectivity index (χ2v) is 18.5. The van der Waals surface area contributed by atoms with E-state index in [1.807, 2.05) is 49.8 Å². The number of aromatic nitrogens is 4. The molecule has 324 valence electrons. The smallest absolute Gasteiger partial charge is 0.407 e. The highest BCUT2D eigenvalue weighted by Gasteiger charge is 2.55. The van der Waals surface area contributed by atoms with E-state index in [0.717, 1.165) is 94.7 Å². The van der Waals surface area contributed by atoms with Gasteiger partial charge in [0.15, 0.2) is 0 Å². The molecule has 3 aromatic carbocycles. The molecule has 4 fully saturated rings. The number of alkyl carbamates (subject to hydrolysis) is 2. The van der Waals surface area contributed by atoms with Crippen molar-refractivity contribution in [2.45, 2.75) is 96.4 Å². The summed E-state index contributed by atoms with van der Waals surface area (Å²) in [5.74, 6) is 1.45. The van der Waals surface area contributed by atoms with E-state index in [4.69, 9.17) is 19.4 Å². The van der Waals surface area contributed by atoms with Gasteiger partial charge >= 0.3 is 12.2 Å².